The number of allylic oxidation sites excluding steroid dienone is 4. The van der Waals surface area contributed by atoms with Gasteiger partial charge < -0.3 is 9.84 Å². The summed E-state index contributed by atoms with van der Waals surface area (Å²) in [6.07, 6.45) is 3.41. The van der Waals surface area contributed by atoms with Gasteiger partial charge in [-0.05, 0) is 48.8 Å². The molecular formula is C23H29FO5S. The maximum atomic E-state index is 15.4. The number of rotatable bonds is 2. The summed E-state index contributed by atoms with van der Waals surface area (Å²) in [5.74, 6) is -1.74. The van der Waals surface area contributed by atoms with Crippen molar-refractivity contribution in [2.75, 3.05) is 0 Å². The third-order valence-corrected chi connectivity index (χ3v) is 8.97. The first-order valence-electron chi connectivity index (χ1n) is 10.6. The Hall–Kier alpha value is -1.47. The second kappa shape index (κ2) is 6.76. The molecule has 1 N–H and O–H groups in total. The number of halogens is 1. The molecule has 164 valence electrons. The number of alkyl halides is 1. The van der Waals surface area contributed by atoms with Gasteiger partial charge in [-0.25, -0.2) is 4.39 Å². The summed E-state index contributed by atoms with van der Waals surface area (Å²) in [5, 5.41) is 10.8. The zero-order chi connectivity index (χ0) is 22.2. The Balaban J connectivity index is 1.83. The van der Waals surface area contributed by atoms with Gasteiger partial charge in [0, 0.05) is 29.6 Å². The first-order valence-corrected chi connectivity index (χ1v) is 11.0. The van der Waals surface area contributed by atoms with Crippen LogP contribution in [-0.4, -0.2) is 39.9 Å². The van der Waals surface area contributed by atoms with E-state index in [-0.39, 0.29) is 42.3 Å². The smallest absolute Gasteiger partial charge is 0.303 e. The van der Waals surface area contributed by atoms with Gasteiger partial charge >= 0.3 is 5.97 Å². The van der Waals surface area contributed by atoms with E-state index in [0.717, 1.165) is 0 Å². The zero-order valence-corrected chi connectivity index (χ0v) is 18.6. The van der Waals surface area contributed by atoms with Gasteiger partial charge in [0.25, 0.3) is 0 Å². The minimum Gasteiger partial charge on any atom is -0.449 e. The molecule has 3 saturated carbocycles. The molecule has 4 aliphatic rings. The van der Waals surface area contributed by atoms with Crippen molar-refractivity contribution in [3.8, 4) is 0 Å². The highest BCUT2D eigenvalue weighted by Gasteiger charge is 2.73. The molecule has 4 aliphatic carbocycles. The molecule has 30 heavy (non-hydrogen) atoms. The topological polar surface area (TPSA) is 80.7 Å². The summed E-state index contributed by atoms with van der Waals surface area (Å²) in [6.45, 7) is 6.89. The van der Waals surface area contributed by atoms with Crippen LogP contribution < -0.4 is 0 Å². The number of hydrogen-bond acceptors (Lipinski definition) is 5. The van der Waals surface area contributed by atoms with Gasteiger partial charge in [-0.15, -0.1) is 12.6 Å². The van der Waals surface area contributed by atoms with Gasteiger partial charge in [0.1, 0.15) is 6.17 Å². The SMILES string of the molecule is CC(=O)O[C@]1(C(=O)S)[C@H](C)CC2C3C[C@H](F)C4=CC(=O)C=CC4(C)C3C(O)CC21C. The summed E-state index contributed by atoms with van der Waals surface area (Å²) < 4.78 is 21.1. The van der Waals surface area contributed by atoms with Crippen LogP contribution in [0.25, 0.3) is 0 Å². The minimum atomic E-state index is -1.46. The number of ether oxygens (including phenoxy) is 1. The Morgan fingerprint density at radius 1 is 1.30 bits per heavy atom. The van der Waals surface area contributed by atoms with Crippen LogP contribution in [0.5, 0.6) is 0 Å². The molecule has 0 saturated heterocycles. The van der Waals surface area contributed by atoms with Gasteiger partial charge in [-0.2, -0.15) is 0 Å². The van der Waals surface area contributed by atoms with Crippen molar-refractivity contribution in [2.24, 2.45) is 34.5 Å². The van der Waals surface area contributed by atoms with E-state index >= 15 is 4.39 Å². The number of carbonyl (C=O) groups is 3. The van der Waals surface area contributed by atoms with Crippen LogP contribution in [0.2, 0.25) is 0 Å². The summed E-state index contributed by atoms with van der Waals surface area (Å²) >= 11 is 4.12. The zero-order valence-electron chi connectivity index (χ0n) is 17.7. The van der Waals surface area contributed by atoms with Crippen molar-refractivity contribution in [3.63, 3.8) is 0 Å². The predicted octanol–water partition coefficient (Wildman–Crippen LogP) is 3.22. The molecule has 0 aliphatic heterocycles. The Labute approximate surface area is 181 Å². The fourth-order valence-corrected chi connectivity index (χ4v) is 8.12. The van der Waals surface area contributed by atoms with Crippen LogP contribution in [0.3, 0.4) is 0 Å². The number of thiol groups is 1. The highest BCUT2D eigenvalue weighted by Crippen LogP contribution is 2.69. The lowest BCUT2D eigenvalue weighted by Crippen LogP contribution is -2.63. The minimum absolute atomic E-state index is 0.126. The van der Waals surface area contributed by atoms with E-state index in [1.807, 2.05) is 20.8 Å². The van der Waals surface area contributed by atoms with Gasteiger partial charge in [0.2, 0.25) is 5.12 Å². The second-order valence-electron chi connectivity index (χ2n) is 10.1. The van der Waals surface area contributed by atoms with Gasteiger partial charge in [-0.1, -0.05) is 26.8 Å². The number of esters is 1. The fraction of sp³-hybridized carbons (Fsp3) is 0.696. The van der Waals surface area contributed by atoms with Crippen LogP contribution in [0, 0.1) is 34.5 Å². The van der Waals surface area contributed by atoms with Crippen LogP contribution in [0.15, 0.2) is 23.8 Å². The monoisotopic (exact) mass is 436 g/mol. The maximum absolute atomic E-state index is 15.4. The quantitative estimate of drug-likeness (QED) is 0.513. The van der Waals surface area contributed by atoms with E-state index < -0.39 is 39.8 Å². The van der Waals surface area contributed by atoms with E-state index in [9.17, 15) is 19.5 Å². The normalized spacial score (nSPS) is 49.6. The lowest BCUT2D eigenvalue weighted by Gasteiger charge is -2.60. The summed E-state index contributed by atoms with van der Waals surface area (Å²) in [4.78, 5) is 36.7. The van der Waals surface area contributed by atoms with Gasteiger partial charge in [-0.3, -0.25) is 14.4 Å². The third kappa shape index (κ3) is 2.60. The van der Waals surface area contributed by atoms with Gasteiger partial charge in [0.15, 0.2) is 11.4 Å². The van der Waals surface area contributed by atoms with Crippen molar-refractivity contribution in [1.82, 2.24) is 0 Å². The molecular weight excluding hydrogens is 407 g/mol. The van der Waals surface area contributed by atoms with Crippen molar-refractivity contribution < 1.29 is 28.6 Å². The van der Waals surface area contributed by atoms with Crippen molar-refractivity contribution >= 4 is 29.5 Å². The molecule has 6 unspecified atom stereocenters. The van der Waals surface area contributed by atoms with Crippen LogP contribution >= 0.6 is 12.6 Å². The molecule has 0 aromatic rings. The second-order valence-corrected chi connectivity index (χ2v) is 10.5. The summed E-state index contributed by atoms with van der Waals surface area (Å²) in [5.41, 5.74) is -2.65. The molecule has 0 aromatic heterocycles. The molecule has 0 bridgehead atoms. The van der Waals surface area contributed by atoms with E-state index in [1.54, 1.807) is 6.08 Å². The molecule has 9 atom stereocenters. The molecule has 4 rings (SSSR count). The maximum Gasteiger partial charge on any atom is 0.303 e. The molecule has 0 radical (unpaired) electrons. The molecule has 0 aromatic carbocycles. The first-order chi connectivity index (χ1) is 13.9. The largest absolute Gasteiger partial charge is 0.449 e. The Morgan fingerprint density at radius 2 is 1.97 bits per heavy atom. The molecule has 5 nitrogen and oxygen atoms in total. The summed E-state index contributed by atoms with van der Waals surface area (Å²) in [6, 6.07) is 0. The molecule has 0 spiro atoms. The van der Waals surface area contributed by atoms with Gasteiger partial charge in [0.05, 0.1) is 6.10 Å². The number of hydrogen-bond donors (Lipinski definition) is 2. The number of ketones is 1. The predicted molar refractivity (Wildman–Crippen MR) is 111 cm³/mol. The van der Waals surface area contributed by atoms with E-state index in [4.69, 9.17) is 4.74 Å². The molecule has 0 amide bonds. The van der Waals surface area contributed by atoms with E-state index in [0.29, 0.717) is 12.0 Å². The van der Waals surface area contributed by atoms with E-state index in [2.05, 4.69) is 12.6 Å². The lowest BCUT2D eigenvalue weighted by molar-refractivity contribution is -0.199. The van der Waals surface area contributed by atoms with E-state index in [1.165, 1.54) is 19.1 Å². The fourth-order valence-electron chi connectivity index (χ4n) is 7.60. The third-order valence-electron chi connectivity index (χ3n) is 8.64. The number of aliphatic hydroxyl groups excluding tert-OH is 1. The Morgan fingerprint density at radius 3 is 2.57 bits per heavy atom. The number of fused-ring (bicyclic) bond motifs is 5. The molecule has 3 fully saturated rings. The Kier molecular flexibility index (Phi) is 4.90. The number of aliphatic hydroxyl groups is 1. The lowest BCUT2D eigenvalue weighted by atomic mass is 9.46. The van der Waals surface area contributed by atoms with Crippen molar-refractivity contribution in [1.29, 1.82) is 0 Å². The molecule has 7 heteroatoms. The van der Waals surface area contributed by atoms with Crippen molar-refractivity contribution in [3.05, 3.63) is 23.8 Å². The highest BCUT2D eigenvalue weighted by molar-refractivity contribution is 7.96. The van der Waals surface area contributed by atoms with Crippen molar-refractivity contribution in [2.45, 2.75) is 64.8 Å². The van der Waals surface area contributed by atoms with Crippen LogP contribution in [0.1, 0.15) is 47.0 Å². The first kappa shape index (κ1) is 21.8. The summed E-state index contributed by atoms with van der Waals surface area (Å²) in [7, 11) is 0. The Bertz CT molecular complexity index is 883. The average molecular weight is 437 g/mol. The number of carbonyl (C=O) groups excluding carboxylic acids is 3. The van der Waals surface area contributed by atoms with Crippen LogP contribution in [0.4, 0.5) is 4.39 Å². The molecule has 0 heterocycles. The average Bonchev–Trinajstić information content (AvgIpc) is 2.84. The highest BCUT2D eigenvalue weighted by atomic mass is 32.1. The van der Waals surface area contributed by atoms with Crippen LogP contribution in [-0.2, 0) is 19.1 Å². The standard InChI is InChI=1S/C23H29FO5S/c1-11-7-15-14-9-17(24)16-8-13(26)5-6-21(16,3)19(14)18(27)10-22(15,4)23(11,20(28)30)29-12(2)25/h5-6,8,11,14-15,17-19,27H,7,9-10H2,1-4H3,(H,28,30)/t11-,14?,15?,17+,18?,19?,21?,22?,23+/m1/s1.